The molecular formula is C18H18F2N4. The lowest BCUT2D eigenvalue weighted by molar-refractivity contribution is 0.146. The molecule has 0 saturated heterocycles. The van der Waals surface area contributed by atoms with Crippen LogP contribution in [0.5, 0.6) is 0 Å². The molecule has 6 heteroatoms. The number of rotatable bonds is 3. The second-order valence-electron chi connectivity index (χ2n) is 6.36. The largest absolute Gasteiger partial charge is 0.384 e. The van der Waals surface area contributed by atoms with Crippen LogP contribution in [-0.4, -0.2) is 21.1 Å². The van der Waals surface area contributed by atoms with E-state index in [9.17, 15) is 8.78 Å². The SMILES string of the molecule is CC(C)c1nc2ccc(C(F)F)nc2n1-c1ccc2c(c1)CCN2. The summed E-state index contributed by atoms with van der Waals surface area (Å²) in [6, 6.07) is 9.09. The van der Waals surface area contributed by atoms with Crippen LogP contribution in [0.25, 0.3) is 16.9 Å². The van der Waals surface area contributed by atoms with E-state index in [1.54, 1.807) is 6.07 Å². The number of alkyl halides is 2. The lowest BCUT2D eigenvalue weighted by Gasteiger charge is -2.12. The number of aromatic nitrogens is 3. The molecule has 4 nitrogen and oxygen atoms in total. The van der Waals surface area contributed by atoms with E-state index in [0.29, 0.717) is 11.2 Å². The minimum Gasteiger partial charge on any atom is -0.384 e. The molecule has 0 radical (unpaired) electrons. The summed E-state index contributed by atoms with van der Waals surface area (Å²) in [5.41, 5.74) is 4.19. The van der Waals surface area contributed by atoms with Crippen LogP contribution in [0, 0.1) is 0 Å². The average Bonchev–Trinajstić information content (AvgIpc) is 3.17. The van der Waals surface area contributed by atoms with Gasteiger partial charge in [-0.05, 0) is 42.3 Å². The third-order valence-electron chi connectivity index (χ3n) is 4.35. The highest BCUT2D eigenvalue weighted by Crippen LogP contribution is 2.30. The van der Waals surface area contributed by atoms with Crippen molar-refractivity contribution >= 4 is 16.9 Å². The topological polar surface area (TPSA) is 42.7 Å². The predicted molar refractivity (Wildman–Crippen MR) is 90.1 cm³/mol. The van der Waals surface area contributed by atoms with Crippen molar-refractivity contribution < 1.29 is 8.78 Å². The molecule has 0 atom stereocenters. The number of anilines is 1. The highest BCUT2D eigenvalue weighted by molar-refractivity contribution is 5.75. The maximum Gasteiger partial charge on any atom is 0.280 e. The zero-order valence-electron chi connectivity index (χ0n) is 13.6. The molecule has 4 rings (SSSR count). The first kappa shape index (κ1) is 15.1. The average molecular weight is 328 g/mol. The van der Waals surface area contributed by atoms with Gasteiger partial charge in [-0.25, -0.2) is 18.7 Å². The van der Waals surface area contributed by atoms with Gasteiger partial charge in [-0.1, -0.05) is 13.8 Å². The summed E-state index contributed by atoms with van der Waals surface area (Å²) >= 11 is 0. The smallest absolute Gasteiger partial charge is 0.280 e. The van der Waals surface area contributed by atoms with Crippen molar-refractivity contribution in [3.05, 3.63) is 47.4 Å². The zero-order valence-corrected chi connectivity index (χ0v) is 13.6. The summed E-state index contributed by atoms with van der Waals surface area (Å²) in [6.45, 7) is 5.01. The van der Waals surface area contributed by atoms with Crippen LogP contribution in [0.3, 0.4) is 0 Å². The highest BCUT2D eigenvalue weighted by atomic mass is 19.3. The van der Waals surface area contributed by atoms with Gasteiger partial charge in [0.1, 0.15) is 17.0 Å². The van der Waals surface area contributed by atoms with Gasteiger partial charge in [0.25, 0.3) is 6.43 Å². The van der Waals surface area contributed by atoms with Gasteiger partial charge in [0.2, 0.25) is 0 Å². The second kappa shape index (κ2) is 5.54. The van der Waals surface area contributed by atoms with Crippen molar-refractivity contribution in [3.8, 4) is 5.69 Å². The van der Waals surface area contributed by atoms with Crippen LogP contribution >= 0.6 is 0 Å². The number of hydrogen-bond acceptors (Lipinski definition) is 3. The molecule has 2 aromatic heterocycles. The van der Waals surface area contributed by atoms with Crippen LogP contribution in [-0.2, 0) is 6.42 Å². The Kier molecular flexibility index (Phi) is 3.48. The first-order chi connectivity index (χ1) is 11.5. The molecule has 0 spiro atoms. The maximum atomic E-state index is 13.1. The molecule has 24 heavy (non-hydrogen) atoms. The summed E-state index contributed by atoms with van der Waals surface area (Å²) in [7, 11) is 0. The summed E-state index contributed by atoms with van der Waals surface area (Å²) in [5, 5.41) is 3.33. The minimum absolute atomic E-state index is 0.153. The van der Waals surface area contributed by atoms with Crippen LogP contribution < -0.4 is 5.32 Å². The van der Waals surface area contributed by atoms with E-state index >= 15 is 0 Å². The molecule has 0 amide bonds. The first-order valence-corrected chi connectivity index (χ1v) is 8.09. The van der Waals surface area contributed by atoms with E-state index in [4.69, 9.17) is 0 Å². The van der Waals surface area contributed by atoms with Crippen molar-refractivity contribution in [2.75, 3.05) is 11.9 Å². The molecule has 3 heterocycles. The lowest BCUT2D eigenvalue weighted by atomic mass is 10.1. The number of imidazole rings is 1. The van der Waals surface area contributed by atoms with Gasteiger partial charge in [0.15, 0.2) is 5.65 Å². The lowest BCUT2D eigenvalue weighted by Crippen LogP contribution is -2.05. The Morgan fingerprint density at radius 2 is 1.96 bits per heavy atom. The van der Waals surface area contributed by atoms with E-state index < -0.39 is 6.43 Å². The number of fused-ring (bicyclic) bond motifs is 2. The Labute approximate surface area is 138 Å². The fourth-order valence-electron chi connectivity index (χ4n) is 3.18. The summed E-state index contributed by atoms with van der Waals surface area (Å²) < 4.78 is 28.1. The number of nitrogens with zero attached hydrogens (tertiary/aromatic N) is 3. The van der Waals surface area contributed by atoms with Gasteiger partial charge in [-0.15, -0.1) is 0 Å². The maximum absolute atomic E-state index is 13.1. The Hall–Kier alpha value is -2.50. The zero-order chi connectivity index (χ0) is 16.8. The van der Waals surface area contributed by atoms with E-state index in [1.807, 2.05) is 30.5 Å². The molecule has 1 aliphatic rings. The Morgan fingerprint density at radius 3 is 2.71 bits per heavy atom. The quantitative estimate of drug-likeness (QED) is 0.772. The highest BCUT2D eigenvalue weighted by Gasteiger charge is 2.20. The fourth-order valence-corrected chi connectivity index (χ4v) is 3.18. The summed E-state index contributed by atoms with van der Waals surface area (Å²) in [5.74, 6) is 0.982. The Balaban J connectivity index is 1.97. The van der Waals surface area contributed by atoms with Gasteiger partial charge in [-0.2, -0.15) is 0 Å². The standard InChI is InChI=1S/C18H18F2N4/c1-10(2)17-23-15-6-5-14(16(19)20)22-18(15)24(17)12-3-4-13-11(9-12)7-8-21-13/h3-6,9-10,16,21H,7-8H2,1-2H3. The summed E-state index contributed by atoms with van der Waals surface area (Å²) in [4.78, 5) is 8.80. The van der Waals surface area contributed by atoms with Gasteiger partial charge >= 0.3 is 0 Å². The number of pyridine rings is 1. The van der Waals surface area contributed by atoms with E-state index in [0.717, 1.165) is 30.2 Å². The molecule has 124 valence electrons. The molecule has 0 unspecified atom stereocenters. The predicted octanol–water partition coefficient (Wildman–Crippen LogP) is 4.45. The molecule has 0 bridgehead atoms. The third kappa shape index (κ3) is 2.33. The molecule has 1 aliphatic heterocycles. The summed E-state index contributed by atoms with van der Waals surface area (Å²) in [6.07, 6.45) is -1.63. The van der Waals surface area contributed by atoms with Gasteiger partial charge < -0.3 is 5.32 Å². The number of nitrogens with one attached hydrogen (secondary N) is 1. The monoisotopic (exact) mass is 328 g/mol. The number of hydrogen-bond donors (Lipinski definition) is 1. The van der Waals surface area contributed by atoms with Gasteiger partial charge in [0.05, 0.1) is 0 Å². The molecule has 0 aliphatic carbocycles. The molecule has 1 aromatic carbocycles. The fraction of sp³-hybridized carbons (Fsp3) is 0.333. The van der Waals surface area contributed by atoms with Crippen molar-refractivity contribution in [2.24, 2.45) is 0 Å². The molecule has 3 aromatic rings. The second-order valence-corrected chi connectivity index (χ2v) is 6.36. The van der Waals surface area contributed by atoms with Crippen molar-refractivity contribution in [2.45, 2.75) is 32.6 Å². The van der Waals surface area contributed by atoms with Crippen molar-refractivity contribution in [1.29, 1.82) is 0 Å². The van der Waals surface area contributed by atoms with E-state index in [2.05, 4.69) is 21.4 Å². The van der Waals surface area contributed by atoms with Crippen LogP contribution in [0.1, 0.15) is 43.3 Å². The normalized spacial score (nSPS) is 13.8. The molecule has 0 saturated carbocycles. The van der Waals surface area contributed by atoms with Crippen molar-refractivity contribution in [1.82, 2.24) is 14.5 Å². The molecule has 1 N–H and O–H groups in total. The Bertz CT molecular complexity index is 915. The van der Waals surface area contributed by atoms with Crippen LogP contribution in [0.15, 0.2) is 30.3 Å². The van der Waals surface area contributed by atoms with E-state index in [1.165, 1.54) is 11.6 Å². The van der Waals surface area contributed by atoms with Crippen molar-refractivity contribution in [3.63, 3.8) is 0 Å². The van der Waals surface area contributed by atoms with Crippen LogP contribution in [0.2, 0.25) is 0 Å². The number of benzene rings is 1. The number of halogens is 2. The van der Waals surface area contributed by atoms with Gasteiger partial charge in [0, 0.05) is 23.8 Å². The minimum atomic E-state index is -2.59. The van der Waals surface area contributed by atoms with Gasteiger partial charge in [-0.3, -0.25) is 4.57 Å². The Morgan fingerprint density at radius 1 is 1.12 bits per heavy atom. The van der Waals surface area contributed by atoms with Crippen LogP contribution in [0.4, 0.5) is 14.5 Å². The third-order valence-corrected chi connectivity index (χ3v) is 4.35. The first-order valence-electron chi connectivity index (χ1n) is 8.09. The van der Waals surface area contributed by atoms with E-state index in [-0.39, 0.29) is 11.6 Å². The molecular weight excluding hydrogens is 310 g/mol. The molecule has 0 fully saturated rings.